The molecular weight excluding hydrogens is 402 g/mol. The third kappa shape index (κ3) is 4.39. The third-order valence-electron chi connectivity index (χ3n) is 5.43. The molecule has 6 nitrogen and oxygen atoms in total. The largest absolute Gasteiger partial charge is 0.493 e. The van der Waals surface area contributed by atoms with Gasteiger partial charge in [0, 0.05) is 36.9 Å². The van der Waals surface area contributed by atoms with Crippen LogP contribution in [0.15, 0.2) is 73.1 Å². The van der Waals surface area contributed by atoms with Gasteiger partial charge in [0.25, 0.3) is 5.91 Å². The minimum atomic E-state index is -0.0470. The normalized spacial score (nSPS) is 10.7. The predicted octanol–water partition coefficient (Wildman–Crippen LogP) is 4.63. The van der Waals surface area contributed by atoms with E-state index in [0.29, 0.717) is 30.0 Å². The van der Waals surface area contributed by atoms with Crippen LogP contribution in [0.1, 0.15) is 15.9 Å². The number of pyridine rings is 2. The van der Waals surface area contributed by atoms with Crippen LogP contribution in [0.3, 0.4) is 0 Å². The van der Waals surface area contributed by atoms with Crippen molar-refractivity contribution in [2.24, 2.45) is 0 Å². The molecular formula is C26H25N3O3. The first-order valence-electron chi connectivity index (χ1n) is 10.4. The van der Waals surface area contributed by atoms with Gasteiger partial charge in [0.15, 0.2) is 11.5 Å². The summed E-state index contributed by atoms with van der Waals surface area (Å²) in [7, 11) is 5.05. The molecule has 1 amide bonds. The summed E-state index contributed by atoms with van der Waals surface area (Å²) in [6, 6.07) is 19.2. The number of amides is 1. The molecule has 32 heavy (non-hydrogen) atoms. The summed E-state index contributed by atoms with van der Waals surface area (Å²) >= 11 is 0. The first-order chi connectivity index (χ1) is 15.6. The zero-order chi connectivity index (χ0) is 22.5. The van der Waals surface area contributed by atoms with E-state index in [1.54, 1.807) is 31.5 Å². The number of carbonyl (C=O) groups excluding carboxylic acids is 1. The number of para-hydroxylation sites is 1. The van der Waals surface area contributed by atoms with Gasteiger partial charge in [0.2, 0.25) is 0 Å². The highest BCUT2D eigenvalue weighted by molar-refractivity contribution is 6.07. The number of hydrogen-bond acceptors (Lipinski definition) is 5. The molecule has 2 aromatic heterocycles. The highest BCUT2D eigenvalue weighted by atomic mass is 16.5. The lowest BCUT2D eigenvalue weighted by Gasteiger charge is -2.19. The number of rotatable bonds is 7. The summed E-state index contributed by atoms with van der Waals surface area (Å²) in [4.78, 5) is 24.1. The molecule has 6 heteroatoms. The van der Waals surface area contributed by atoms with Crippen molar-refractivity contribution in [1.29, 1.82) is 0 Å². The monoisotopic (exact) mass is 427 g/mol. The molecule has 0 aliphatic carbocycles. The molecule has 0 N–H and O–H groups in total. The van der Waals surface area contributed by atoms with Crippen molar-refractivity contribution >= 4 is 16.8 Å². The van der Waals surface area contributed by atoms with Crippen molar-refractivity contribution in [1.82, 2.24) is 14.9 Å². The average Bonchev–Trinajstić information content (AvgIpc) is 2.86. The van der Waals surface area contributed by atoms with Crippen LogP contribution in [0.2, 0.25) is 0 Å². The minimum Gasteiger partial charge on any atom is -0.493 e. The highest BCUT2D eigenvalue weighted by Gasteiger charge is 2.18. The van der Waals surface area contributed by atoms with Gasteiger partial charge >= 0.3 is 0 Å². The smallest absolute Gasteiger partial charge is 0.254 e. The number of likely N-dealkylation sites (N-methyl/N-ethyl adjacent to an activating group) is 1. The van der Waals surface area contributed by atoms with Crippen LogP contribution in [0.25, 0.3) is 22.2 Å². The fourth-order valence-corrected chi connectivity index (χ4v) is 3.65. The Morgan fingerprint density at radius 1 is 0.969 bits per heavy atom. The predicted molar refractivity (Wildman–Crippen MR) is 125 cm³/mol. The van der Waals surface area contributed by atoms with Gasteiger partial charge in [-0.1, -0.05) is 24.3 Å². The second-order valence-electron chi connectivity index (χ2n) is 7.48. The lowest BCUT2D eigenvalue weighted by Crippen LogP contribution is -2.29. The average molecular weight is 428 g/mol. The summed E-state index contributed by atoms with van der Waals surface area (Å²) in [5, 5.41) is 0.836. The minimum absolute atomic E-state index is 0.0470. The maximum Gasteiger partial charge on any atom is 0.254 e. The zero-order valence-corrected chi connectivity index (χ0v) is 18.4. The van der Waals surface area contributed by atoms with E-state index in [1.807, 2.05) is 67.7 Å². The van der Waals surface area contributed by atoms with E-state index in [0.717, 1.165) is 27.7 Å². The standard InChI is InChI=1S/C26H25N3O3/c1-29(14-12-18-10-11-24(31-2)25(15-18)32-3)26(30)21-16-23(19-7-6-13-27-17-19)28-22-9-5-4-8-20(21)22/h4-11,13,15-17H,12,14H2,1-3H3. The Hall–Kier alpha value is -3.93. The van der Waals surface area contributed by atoms with Crippen LogP contribution < -0.4 is 9.47 Å². The zero-order valence-electron chi connectivity index (χ0n) is 18.4. The molecule has 0 saturated heterocycles. The number of hydrogen-bond donors (Lipinski definition) is 0. The number of nitrogens with zero attached hydrogens (tertiary/aromatic N) is 3. The molecule has 162 valence electrons. The van der Waals surface area contributed by atoms with Crippen LogP contribution in [-0.4, -0.2) is 48.6 Å². The number of benzene rings is 2. The first kappa shape index (κ1) is 21.3. The molecule has 0 saturated carbocycles. The fraction of sp³-hybridized carbons (Fsp3) is 0.192. The summed E-state index contributed by atoms with van der Waals surface area (Å²) < 4.78 is 10.7. The molecule has 0 aliphatic heterocycles. The third-order valence-corrected chi connectivity index (χ3v) is 5.43. The maximum atomic E-state index is 13.4. The Morgan fingerprint density at radius 2 is 1.78 bits per heavy atom. The van der Waals surface area contributed by atoms with Gasteiger partial charge in [-0.2, -0.15) is 0 Å². The first-order valence-corrected chi connectivity index (χ1v) is 10.4. The van der Waals surface area contributed by atoms with Crippen molar-refractivity contribution < 1.29 is 14.3 Å². The molecule has 0 atom stereocenters. The fourth-order valence-electron chi connectivity index (χ4n) is 3.65. The Kier molecular flexibility index (Phi) is 6.31. The molecule has 0 spiro atoms. The molecule has 0 bridgehead atoms. The Labute approximate surface area is 187 Å². The molecule has 4 rings (SSSR count). The molecule has 2 heterocycles. The lowest BCUT2D eigenvalue weighted by atomic mass is 10.0. The van der Waals surface area contributed by atoms with Crippen LogP contribution in [0, 0.1) is 0 Å². The number of methoxy groups -OCH3 is 2. The van der Waals surface area contributed by atoms with Gasteiger partial charge < -0.3 is 14.4 Å². The summed E-state index contributed by atoms with van der Waals surface area (Å²) in [6.07, 6.45) is 4.17. The van der Waals surface area contributed by atoms with Crippen molar-refractivity contribution in [3.05, 3.63) is 84.2 Å². The Bertz CT molecular complexity index is 1240. The summed E-state index contributed by atoms with van der Waals surface area (Å²) in [5.74, 6) is 1.32. The van der Waals surface area contributed by atoms with Crippen molar-refractivity contribution in [3.63, 3.8) is 0 Å². The van der Waals surface area contributed by atoms with E-state index in [4.69, 9.17) is 14.5 Å². The lowest BCUT2D eigenvalue weighted by molar-refractivity contribution is 0.0798. The summed E-state index contributed by atoms with van der Waals surface area (Å²) in [5.41, 5.74) is 4.08. The van der Waals surface area contributed by atoms with Gasteiger partial charge in [0.1, 0.15) is 0 Å². The van der Waals surface area contributed by atoms with Crippen LogP contribution in [0.4, 0.5) is 0 Å². The van der Waals surface area contributed by atoms with Gasteiger partial charge in [-0.25, -0.2) is 4.98 Å². The number of aromatic nitrogens is 2. The van der Waals surface area contributed by atoms with E-state index in [9.17, 15) is 4.79 Å². The van der Waals surface area contributed by atoms with E-state index >= 15 is 0 Å². The Morgan fingerprint density at radius 3 is 2.53 bits per heavy atom. The van der Waals surface area contributed by atoms with Crippen LogP contribution in [0.5, 0.6) is 11.5 Å². The van der Waals surface area contributed by atoms with Gasteiger partial charge in [-0.15, -0.1) is 0 Å². The van der Waals surface area contributed by atoms with Gasteiger partial charge in [-0.05, 0) is 48.4 Å². The second-order valence-corrected chi connectivity index (χ2v) is 7.48. The second kappa shape index (κ2) is 9.47. The molecule has 2 aromatic carbocycles. The maximum absolute atomic E-state index is 13.4. The highest BCUT2D eigenvalue weighted by Crippen LogP contribution is 2.28. The van der Waals surface area contributed by atoms with E-state index < -0.39 is 0 Å². The van der Waals surface area contributed by atoms with Crippen LogP contribution >= 0.6 is 0 Å². The molecule has 4 aromatic rings. The number of carbonyl (C=O) groups is 1. The van der Waals surface area contributed by atoms with Gasteiger partial charge in [-0.3, -0.25) is 9.78 Å². The molecule has 0 radical (unpaired) electrons. The molecule has 0 aliphatic rings. The SMILES string of the molecule is COc1ccc(CCN(C)C(=O)c2cc(-c3cccnc3)nc3ccccc23)cc1OC. The van der Waals surface area contributed by atoms with E-state index in [2.05, 4.69) is 4.98 Å². The topological polar surface area (TPSA) is 64.5 Å². The quantitative estimate of drug-likeness (QED) is 0.430. The molecule has 0 unspecified atom stereocenters. The van der Waals surface area contributed by atoms with Crippen LogP contribution in [-0.2, 0) is 6.42 Å². The van der Waals surface area contributed by atoms with Crippen molar-refractivity contribution in [2.75, 3.05) is 27.8 Å². The Balaban J connectivity index is 1.60. The van der Waals surface area contributed by atoms with Gasteiger partial charge in [0.05, 0.1) is 31.0 Å². The van der Waals surface area contributed by atoms with Crippen molar-refractivity contribution in [3.8, 4) is 22.8 Å². The van der Waals surface area contributed by atoms with Crippen molar-refractivity contribution in [2.45, 2.75) is 6.42 Å². The number of ether oxygens (including phenoxy) is 2. The van der Waals surface area contributed by atoms with E-state index in [-0.39, 0.29) is 5.91 Å². The molecule has 0 fully saturated rings. The van der Waals surface area contributed by atoms with E-state index in [1.165, 1.54) is 0 Å². The number of fused-ring (bicyclic) bond motifs is 1. The summed E-state index contributed by atoms with van der Waals surface area (Å²) in [6.45, 7) is 0.563.